The van der Waals surface area contributed by atoms with Crippen LogP contribution in [0.15, 0.2) is 24.3 Å². The highest BCUT2D eigenvalue weighted by molar-refractivity contribution is 6.30. The number of methoxy groups -OCH3 is 1. The van der Waals surface area contributed by atoms with E-state index >= 15 is 0 Å². The van der Waals surface area contributed by atoms with Crippen LogP contribution in [-0.4, -0.2) is 37.4 Å². The Bertz CT molecular complexity index is 474. The molecule has 0 saturated carbocycles. The minimum absolute atomic E-state index is 0.0815. The molecule has 0 heterocycles. The third kappa shape index (κ3) is 3.05. The lowest BCUT2D eigenvalue weighted by atomic mass is 9.81. The van der Waals surface area contributed by atoms with Crippen molar-refractivity contribution >= 4 is 23.5 Å². The largest absolute Gasteiger partial charge is 0.480 e. The van der Waals surface area contributed by atoms with E-state index in [0.717, 1.165) is 0 Å². The second-order valence-corrected chi connectivity index (χ2v) is 4.31. The molecule has 1 unspecified atom stereocenters. The SMILES string of the molecule is CCOC(=O)C(COC)(C(=O)O)c1cccc(Cl)c1. The molecule has 0 fully saturated rings. The number of hydrogen-bond donors (Lipinski definition) is 1. The van der Waals surface area contributed by atoms with E-state index in [-0.39, 0.29) is 18.8 Å². The Morgan fingerprint density at radius 3 is 2.58 bits per heavy atom. The van der Waals surface area contributed by atoms with Gasteiger partial charge in [-0.05, 0) is 24.6 Å². The molecular formula is C13H15ClO5. The van der Waals surface area contributed by atoms with Crippen LogP contribution >= 0.6 is 11.6 Å². The second kappa shape index (κ2) is 6.54. The van der Waals surface area contributed by atoms with Gasteiger partial charge in [-0.25, -0.2) is 0 Å². The Labute approximate surface area is 116 Å². The van der Waals surface area contributed by atoms with E-state index in [4.69, 9.17) is 21.1 Å². The van der Waals surface area contributed by atoms with Crippen LogP contribution in [0.1, 0.15) is 12.5 Å². The fourth-order valence-electron chi connectivity index (χ4n) is 1.76. The van der Waals surface area contributed by atoms with Crippen molar-refractivity contribution in [1.82, 2.24) is 0 Å². The van der Waals surface area contributed by atoms with Crippen molar-refractivity contribution in [2.45, 2.75) is 12.3 Å². The number of ether oxygens (including phenoxy) is 2. The number of carboxylic acids is 1. The fraction of sp³-hybridized carbons (Fsp3) is 0.385. The van der Waals surface area contributed by atoms with Crippen molar-refractivity contribution in [3.05, 3.63) is 34.9 Å². The quantitative estimate of drug-likeness (QED) is 0.638. The van der Waals surface area contributed by atoms with E-state index in [1.807, 2.05) is 0 Å². The van der Waals surface area contributed by atoms with Gasteiger partial charge in [-0.2, -0.15) is 0 Å². The van der Waals surface area contributed by atoms with Gasteiger partial charge in [0.15, 0.2) is 0 Å². The highest BCUT2D eigenvalue weighted by Gasteiger charge is 2.50. The third-order valence-electron chi connectivity index (χ3n) is 2.67. The van der Waals surface area contributed by atoms with E-state index in [0.29, 0.717) is 5.02 Å². The average molecular weight is 287 g/mol. The van der Waals surface area contributed by atoms with Crippen LogP contribution < -0.4 is 0 Å². The molecule has 0 amide bonds. The normalized spacial score (nSPS) is 13.6. The van der Waals surface area contributed by atoms with Crippen LogP contribution in [0.25, 0.3) is 0 Å². The van der Waals surface area contributed by atoms with Gasteiger partial charge in [-0.15, -0.1) is 0 Å². The first-order valence-corrected chi connectivity index (χ1v) is 6.02. The van der Waals surface area contributed by atoms with Crippen LogP contribution in [0, 0.1) is 0 Å². The summed E-state index contributed by atoms with van der Waals surface area (Å²) in [7, 11) is 1.32. The van der Waals surface area contributed by atoms with Gasteiger partial charge in [0.25, 0.3) is 0 Å². The molecule has 1 atom stereocenters. The molecule has 19 heavy (non-hydrogen) atoms. The Morgan fingerprint density at radius 2 is 2.11 bits per heavy atom. The van der Waals surface area contributed by atoms with Gasteiger partial charge in [0.2, 0.25) is 5.41 Å². The van der Waals surface area contributed by atoms with E-state index in [9.17, 15) is 14.7 Å². The van der Waals surface area contributed by atoms with Crippen LogP contribution in [0.4, 0.5) is 0 Å². The Hall–Kier alpha value is -1.59. The summed E-state index contributed by atoms with van der Waals surface area (Å²) < 4.78 is 9.78. The molecule has 1 aromatic rings. The fourth-order valence-corrected chi connectivity index (χ4v) is 1.95. The zero-order valence-electron chi connectivity index (χ0n) is 10.7. The molecule has 104 valence electrons. The zero-order chi connectivity index (χ0) is 14.5. The molecular weight excluding hydrogens is 272 g/mol. The van der Waals surface area contributed by atoms with E-state index in [1.165, 1.54) is 19.2 Å². The summed E-state index contributed by atoms with van der Waals surface area (Å²) in [5.41, 5.74) is -1.68. The molecule has 1 aromatic carbocycles. The predicted molar refractivity (Wildman–Crippen MR) is 69.3 cm³/mol. The maximum Gasteiger partial charge on any atom is 0.330 e. The van der Waals surface area contributed by atoms with E-state index in [1.54, 1.807) is 19.1 Å². The topological polar surface area (TPSA) is 72.8 Å². The number of hydrogen-bond acceptors (Lipinski definition) is 4. The molecule has 0 aromatic heterocycles. The molecule has 0 bridgehead atoms. The maximum atomic E-state index is 12.1. The number of carbonyl (C=O) groups excluding carboxylic acids is 1. The summed E-state index contributed by atoms with van der Waals surface area (Å²) in [6.45, 7) is 1.36. The maximum absolute atomic E-state index is 12.1. The molecule has 1 N–H and O–H groups in total. The zero-order valence-corrected chi connectivity index (χ0v) is 11.4. The predicted octanol–water partition coefficient (Wildman–Crippen LogP) is 1.87. The Kier molecular flexibility index (Phi) is 5.32. The van der Waals surface area contributed by atoms with Crippen molar-refractivity contribution in [3.8, 4) is 0 Å². The number of halogens is 1. The van der Waals surface area contributed by atoms with Crippen molar-refractivity contribution in [2.75, 3.05) is 20.3 Å². The number of carboxylic acid groups (broad SMARTS) is 1. The van der Waals surface area contributed by atoms with Crippen molar-refractivity contribution in [3.63, 3.8) is 0 Å². The number of benzene rings is 1. The van der Waals surface area contributed by atoms with Crippen LogP contribution in [0.2, 0.25) is 5.02 Å². The first-order valence-electron chi connectivity index (χ1n) is 5.64. The van der Waals surface area contributed by atoms with Gasteiger partial charge in [0.05, 0.1) is 13.2 Å². The van der Waals surface area contributed by atoms with Gasteiger partial charge in [0.1, 0.15) is 0 Å². The minimum atomic E-state index is -1.91. The number of carbonyl (C=O) groups is 2. The van der Waals surface area contributed by atoms with Crippen LogP contribution in [0.3, 0.4) is 0 Å². The first-order chi connectivity index (χ1) is 8.98. The highest BCUT2D eigenvalue weighted by atomic mass is 35.5. The smallest absolute Gasteiger partial charge is 0.330 e. The van der Waals surface area contributed by atoms with E-state index < -0.39 is 17.4 Å². The molecule has 6 heteroatoms. The third-order valence-corrected chi connectivity index (χ3v) is 2.90. The van der Waals surface area contributed by atoms with Gasteiger partial charge in [-0.3, -0.25) is 9.59 Å². The summed E-state index contributed by atoms with van der Waals surface area (Å²) in [4.78, 5) is 23.7. The van der Waals surface area contributed by atoms with E-state index in [2.05, 4.69) is 0 Å². The lowest BCUT2D eigenvalue weighted by Crippen LogP contribution is -2.48. The highest BCUT2D eigenvalue weighted by Crippen LogP contribution is 2.29. The van der Waals surface area contributed by atoms with Gasteiger partial charge < -0.3 is 14.6 Å². The molecule has 0 radical (unpaired) electrons. The first kappa shape index (κ1) is 15.5. The average Bonchev–Trinajstić information content (AvgIpc) is 2.35. The van der Waals surface area contributed by atoms with Crippen LogP contribution in [0.5, 0.6) is 0 Å². The number of aliphatic carboxylic acids is 1. The summed E-state index contributed by atoms with van der Waals surface area (Å²) in [6.07, 6.45) is 0. The summed E-state index contributed by atoms with van der Waals surface area (Å²) in [5.74, 6) is -2.21. The summed E-state index contributed by atoms with van der Waals surface area (Å²) in [5, 5.41) is 9.81. The van der Waals surface area contributed by atoms with Crippen molar-refractivity contribution < 1.29 is 24.2 Å². The van der Waals surface area contributed by atoms with Gasteiger partial charge in [-0.1, -0.05) is 23.7 Å². The number of esters is 1. The standard InChI is InChI=1S/C13H15ClO5/c1-3-19-12(17)13(8-18-2,11(15)16)9-5-4-6-10(14)7-9/h4-7H,3,8H2,1-2H3,(H,15,16). The van der Waals surface area contributed by atoms with Gasteiger partial charge in [0, 0.05) is 12.1 Å². The second-order valence-electron chi connectivity index (χ2n) is 3.87. The van der Waals surface area contributed by atoms with Crippen molar-refractivity contribution in [2.24, 2.45) is 0 Å². The molecule has 0 aliphatic carbocycles. The van der Waals surface area contributed by atoms with Crippen molar-refractivity contribution in [1.29, 1.82) is 0 Å². The number of rotatable bonds is 6. The molecule has 0 saturated heterocycles. The summed E-state index contributed by atoms with van der Waals surface area (Å²) in [6, 6.07) is 6.10. The Balaban J connectivity index is 3.39. The van der Waals surface area contributed by atoms with Gasteiger partial charge >= 0.3 is 11.9 Å². The molecule has 0 aliphatic heterocycles. The van der Waals surface area contributed by atoms with Crippen LogP contribution in [-0.2, 0) is 24.5 Å². The minimum Gasteiger partial charge on any atom is -0.480 e. The Morgan fingerprint density at radius 1 is 1.42 bits per heavy atom. The monoisotopic (exact) mass is 286 g/mol. The lowest BCUT2D eigenvalue weighted by Gasteiger charge is -2.26. The molecule has 0 spiro atoms. The summed E-state index contributed by atoms with van der Waals surface area (Å²) >= 11 is 5.85. The molecule has 5 nitrogen and oxygen atoms in total. The molecule has 0 aliphatic rings. The lowest BCUT2D eigenvalue weighted by molar-refractivity contribution is -0.164. The molecule has 1 rings (SSSR count).